The number of nitrogens with zero attached hydrogens (tertiary/aromatic N) is 1. The molecule has 0 saturated carbocycles. The van der Waals surface area contributed by atoms with Crippen molar-refractivity contribution in [2.24, 2.45) is 0 Å². The number of hydrogen-bond acceptors (Lipinski definition) is 4. The lowest BCUT2D eigenvalue weighted by Crippen LogP contribution is -2.47. The highest BCUT2D eigenvalue weighted by atomic mass is 16.5. The highest BCUT2D eigenvalue weighted by Gasteiger charge is 2.30. The number of aromatic amines is 1. The van der Waals surface area contributed by atoms with Gasteiger partial charge in [-0.1, -0.05) is 18.2 Å². The molecule has 22 heavy (non-hydrogen) atoms. The van der Waals surface area contributed by atoms with Crippen molar-refractivity contribution in [3.63, 3.8) is 0 Å². The number of carbonyl (C=O) groups is 2. The van der Waals surface area contributed by atoms with Crippen molar-refractivity contribution in [2.45, 2.75) is 31.3 Å². The van der Waals surface area contributed by atoms with Crippen LogP contribution in [0.2, 0.25) is 0 Å². The van der Waals surface area contributed by atoms with Gasteiger partial charge in [-0.05, 0) is 24.5 Å². The van der Waals surface area contributed by atoms with Gasteiger partial charge in [0.05, 0.1) is 6.04 Å². The van der Waals surface area contributed by atoms with Crippen LogP contribution >= 0.6 is 0 Å². The number of benzene rings is 1. The maximum Gasteiger partial charge on any atom is 0.240 e. The standard InChI is InChI=1S/C16H19N3O3/c20-10-12(18-16(21)15-6-3-7-19(15)22)8-11-9-17-14-5-2-1-4-13(11)14/h1-2,4-5,9-10,12,15,17,22H,3,6-8H2,(H,18,21)/t12-,15-/m0/s1. The molecule has 3 N–H and O–H groups in total. The molecule has 2 aromatic rings. The number of amides is 1. The first kappa shape index (κ1) is 14.7. The van der Waals surface area contributed by atoms with E-state index in [4.69, 9.17) is 0 Å². The highest BCUT2D eigenvalue weighted by Crippen LogP contribution is 2.19. The van der Waals surface area contributed by atoms with Crippen LogP contribution in [-0.4, -0.2) is 46.1 Å². The third-order valence-electron chi connectivity index (χ3n) is 4.13. The van der Waals surface area contributed by atoms with Gasteiger partial charge in [0.2, 0.25) is 5.91 Å². The molecule has 0 unspecified atom stereocenters. The van der Waals surface area contributed by atoms with Crippen LogP contribution in [0.5, 0.6) is 0 Å². The van der Waals surface area contributed by atoms with Crippen molar-refractivity contribution in [2.75, 3.05) is 6.54 Å². The average Bonchev–Trinajstić information content (AvgIpc) is 3.13. The van der Waals surface area contributed by atoms with E-state index >= 15 is 0 Å². The Bertz CT molecular complexity index is 682. The fourth-order valence-corrected chi connectivity index (χ4v) is 2.97. The summed E-state index contributed by atoms with van der Waals surface area (Å²) in [5.74, 6) is -0.294. The van der Waals surface area contributed by atoms with E-state index in [-0.39, 0.29) is 5.91 Å². The molecule has 2 heterocycles. The average molecular weight is 301 g/mol. The minimum atomic E-state index is -0.597. The lowest BCUT2D eigenvalue weighted by atomic mass is 10.1. The topological polar surface area (TPSA) is 85.4 Å². The Morgan fingerprint density at radius 1 is 1.50 bits per heavy atom. The molecule has 6 nitrogen and oxygen atoms in total. The third-order valence-corrected chi connectivity index (χ3v) is 4.13. The smallest absolute Gasteiger partial charge is 0.240 e. The summed E-state index contributed by atoms with van der Waals surface area (Å²) < 4.78 is 0. The highest BCUT2D eigenvalue weighted by molar-refractivity contribution is 5.86. The number of carbonyl (C=O) groups excluding carboxylic acids is 2. The molecule has 1 amide bonds. The van der Waals surface area contributed by atoms with E-state index in [1.807, 2.05) is 30.5 Å². The van der Waals surface area contributed by atoms with Crippen molar-refractivity contribution in [1.82, 2.24) is 15.4 Å². The van der Waals surface area contributed by atoms with Crippen LogP contribution in [0.25, 0.3) is 10.9 Å². The van der Waals surface area contributed by atoms with E-state index in [0.29, 0.717) is 19.4 Å². The molecule has 0 spiro atoms. The Labute approximate surface area is 128 Å². The number of H-pyrrole nitrogens is 1. The maximum atomic E-state index is 12.1. The van der Waals surface area contributed by atoms with Gasteiger partial charge in [0.15, 0.2) is 0 Å². The summed E-state index contributed by atoms with van der Waals surface area (Å²) in [5, 5.41) is 14.4. The molecular weight excluding hydrogens is 282 g/mol. The van der Waals surface area contributed by atoms with Gasteiger partial charge in [0, 0.05) is 30.1 Å². The Morgan fingerprint density at radius 3 is 3.05 bits per heavy atom. The fraction of sp³-hybridized carbons (Fsp3) is 0.375. The quantitative estimate of drug-likeness (QED) is 0.726. The van der Waals surface area contributed by atoms with Crippen LogP contribution in [0.3, 0.4) is 0 Å². The van der Waals surface area contributed by atoms with Gasteiger partial charge in [-0.25, -0.2) is 0 Å². The van der Waals surface area contributed by atoms with Crippen LogP contribution in [0.15, 0.2) is 30.5 Å². The molecule has 1 aliphatic rings. The van der Waals surface area contributed by atoms with Crippen molar-refractivity contribution >= 4 is 23.1 Å². The zero-order valence-electron chi connectivity index (χ0n) is 12.2. The lowest BCUT2D eigenvalue weighted by molar-refractivity contribution is -0.146. The summed E-state index contributed by atoms with van der Waals surface area (Å²) in [4.78, 5) is 26.6. The molecule has 0 aliphatic carbocycles. The second-order valence-corrected chi connectivity index (χ2v) is 5.64. The van der Waals surface area contributed by atoms with Crippen LogP contribution < -0.4 is 5.32 Å². The fourth-order valence-electron chi connectivity index (χ4n) is 2.97. The number of aldehydes is 1. The Hall–Kier alpha value is -2.18. The van der Waals surface area contributed by atoms with Crippen LogP contribution in [0, 0.1) is 0 Å². The van der Waals surface area contributed by atoms with E-state index in [1.165, 1.54) is 0 Å². The van der Waals surface area contributed by atoms with Crippen molar-refractivity contribution < 1.29 is 14.8 Å². The Morgan fingerprint density at radius 2 is 2.32 bits per heavy atom. The molecule has 1 aromatic carbocycles. The van der Waals surface area contributed by atoms with Crippen molar-refractivity contribution in [1.29, 1.82) is 0 Å². The Kier molecular flexibility index (Phi) is 4.22. The first-order valence-electron chi connectivity index (χ1n) is 7.45. The van der Waals surface area contributed by atoms with Gasteiger partial charge in [0.25, 0.3) is 0 Å². The minimum absolute atomic E-state index is 0.294. The molecule has 1 saturated heterocycles. The van der Waals surface area contributed by atoms with Crippen molar-refractivity contribution in [3.05, 3.63) is 36.0 Å². The predicted octanol–water partition coefficient (Wildman–Crippen LogP) is 1.25. The second-order valence-electron chi connectivity index (χ2n) is 5.64. The number of aromatic nitrogens is 1. The van der Waals surface area contributed by atoms with E-state index < -0.39 is 12.1 Å². The predicted molar refractivity (Wildman–Crippen MR) is 81.5 cm³/mol. The normalized spacial score (nSPS) is 20.1. The molecular formula is C16H19N3O3. The molecule has 3 rings (SSSR count). The SMILES string of the molecule is O=C[C@H](Cc1c[nH]c2ccccc12)NC(=O)[C@@H]1CCCN1O. The zero-order valence-corrected chi connectivity index (χ0v) is 12.2. The molecule has 2 atom stereocenters. The van der Waals surface area contributed by atoms with E-state index in [9.17, 15) is 14.8 Å². The molecule has 0 bridgehead atoms. The lowest BCUT2D eigenvalue weighted by Gasteiger charge is -2.19. The summed E-state index contributed by atoms with van der Waals surface area (Å²) in [6.07, 6.45) is 4.43. The van der Waals surface area contributed by atoms with Gasteiger partial charge >= 0.3 is 0 Å². The summed E-state index contributed by atoms with van der Waals surface area (Å²) in [5.41, 5.74) is 1.99. The minimum Gasteiger partial charge on any atom is -0.361 e. The van der Waals surface area contributed by atoms with Gasteiger partial charge in [-0.3, -0.25) is 4.79 Å². The van der Waals surface area contributed by atoms with Gasteiger partial charge in [0.1, 0.15) is 12.3 Å². The summed E-state index contributed by atoms with van der Waals surface area (Å²) in [6.45, 7) is 0.492. The molecule has 1 aromatic heterocycles. The third kappa shape index (κ3) is 2.88. The molecule has 1 aliphatic heterocycles. The second kappa shape index (κ2) is 6.29. The summed E-state index contributed by atoms with van der Waals surface area (Å²) in [6, 6.07) is 6.69. The van der Waals surface area contributed by atoms with Gasteiger partial charge in [-0.15, -0.1) is 0 Å². The van der Waals surface area contributed by atoms with E-state index in [2.05, 4.69) is 10.3 Å². The number of para-hydroxylation sites is 1. The largest absolute Gasteiger partial charge is 0.361 e. The zero-order chi connectivity index (χ0) is 15.5. The number of fused-ring (bicyclic) bond motifs is 1. The number of hydrogen-bond donors (Lipinski definition) is 3. The number of rotatable bonds is 5. The monoisotopic (exact) mass is 301 g/mol. The molecule has 0 radical (unpaired) electrons. The summed E-state index contributed by atoms with van der Waals surface area (Å²) >= 11 is 0. The first-order chi connectivity index (χ1) is 10.7. The van der Waals surface area contributed by atoms with Crippen LogP contribution in [0.1, 0.15) is 18.4 Å². The van der Waals surface area contributed by atoms with Crippen LogP contribution in [-0.2, 0) is 16.0 Å². The molecule has 6 heteroatoms. The first-order valence-corrected chi connectivity index (χ1v) is 7.45. The van der Waals surface area contributed by atoms with Crippen molar-refractivity contribution in [3.8, 4) is 0 Å². The van der Waals surface area contributed by atoms with Gasteiger partial charge < -0.3 is 20.3 Å². The van der Waals surface area contributed by atoms with E-state index in [1.54, 1.807) is 0 Å². The van der Waals surface area contributed by atoms with E-state index in [0.717, 1.165) is 34.2 Å². The van der Waals surface area contributed by atoms with Crippen LogP contribution in [0.4, 0.5) is 0 Å². The summed E-state index contributed by atoms with van der Waals surface area (Å²) in [7, 11) is 0. The number of nitrogens with one attached hydrogen (secondary N) is 2. The molecule has 1 fully saturated rings. The molecule has 116 valence electrons. The number of hydroxylamine groups is 2. The maximum absolute atomic E-state index is 12.1. The van der Waals surface area contributed by atoms with Gasteiger partial charge in [-0.2, -0.15) is 5.06 Å². The Balaban J connectivity index is 1.69.